The van der Waals surface area contributed by atoms with Gasteiger partial charge in [0, 0.05) is 17.8 Å². The molecule has 5 nitrogen and oxygen atoms in total. The number of aromatic nitrogens is 3. The molecule has 0 radical (unpaired) electrons. The van der Waals surface area contributed by atoms with E-state index in [2.05, 4.69) is 20.3 Å². The molecule has 0 spiro atoms. The minimum Gasteiger partial charge on any atom is -0.489 e. The molecule has 2 aromatic heterocycles. The summed E-state index contributed by atoms with van der Waals surface area (Å²) in [6.45, 7) is 3.99. The zero-order chi connectivity index (χ0) is 14.7. The highest BCUT2D eigenvalue weighted by molar-refractivity contribution is 5.84. The van der Waals surface area contributed by atoms with Crippen LogP contribution in [0.15, 0.2) is 48.8 Å². The molecule has 0 unspecified atom stereocenters. The van der Waals surface area contributed by atoms with E-state index in [4.69, 9.17) is 4.74 Å². The fraction of sp³-hybridized carbons (Fsp3) is 0.188. The van der Waals surface area contributed by atoms with Crippen molar-refractivity contribution in [2.45, 2.75) is 20.0 Å². The molecule has 5 heteroatoms. The highest BCUT2D eigenvalue weighted by Crippen LogP contribution is 2.25. The van der Waals surface area contributed by atoms with Crippen LogP contribution in [-0.4, -0.2) is 21.1 Å². The van der Waals surface area contributed by atoms with E-state index in [0.717, 1.165) is 16.7 Å². The molecular formula is C16H16N4O. The highest BCUT2D eigenvalue weighted by atomic mass is 16.5. The van der Waals surface area contributed by atoms with Crippen molar-refractivity contribution in [3.63, 3.8) is 0 Å². The lowest BCUT2D eigenvalue weighted by atomic mass is 10.2. The molecule has 0 fully saturated rings. The normalized spacial score (nSPS) is 10.8. The van der Waals surface area contributed by atoms with Gasteiger partial charge in [0.05, 0.1) is 6.10 Å². The average Bonchev–Trinajstić information content (AvgIpc) is 2.48. The van der Waals surface area contributed by atoms with E-state index in [1.165, 1.54) is 0 Å². The molecule has 2 heterocycles. The first-order chi connectivity index (χ1) is 10.2. The molecule has 1 N–H and O–H groups in total. The van der Waals surface area contributed by atoms with Crippen LogP contribution in [0, 0.1) is 0 Å². The summed E-state index contributed by atoms with van der Waals surface area (Å²) in [6.07, 6.45) is 3.59. The molecule has 0 bridgehead atoms. The van der Waals surface area contributed by atoms with E-state index >= 15 is 0 Å². The third-order valence-electron chi connectivity index (χ3n) is 2.84. The number of nitrogens with zero attached hydrogens (tertiary/aromatic N) is 3. The first kappa shape index (κ1) is 13.3. The SMILES string of the molecule is CC(C)Oc1cccc2cnc(Nc3ccccn3)nc12. The van der Waals surface area contributed by atoms with E-state index in [-0.39, 0.29) is 6.10 Å². The third-order valence-corrected chi connectivity index (χ3v) is 2.84. The molecule has 106 valence electrons. The Morgan fingerprint density at radius 3 is 2.71 bits per heavy atom. The van der Waals surface area contributed by atoms with Crippen molar-refractivity contribution < 1.29 is 4.74 Å². The summed E-state index contributed by atoms with van der Waals surface area (Å²) in [7, 11) is 0. The Morgan fingerprint density at radius 2 is 1.95 bits per heavy atom. The maximum Gasteiger partial charge on any atom is 0.229 e. The van der Waals surface area contributed by atoms with Gasteiger partial charge in [-0.05, 0) is 32.0 Å². The van der Waals surface area contributed by atoms with Crippen LogP contribution in [0.1, 0.15) is 13.8 Å². The Hall–Kier alpha value is -2.69. The van der Waals surface area contributed by atoms with Gasteiger partial charge in [-0.2, -0.15) is 0 Å². The summed E-state index contributed by atoms with van der Waals surface area (Å²) in [5.41, 5.74) is 0.791. The van der Waals surface area contributed by atoms with Gasteiger partial charge in [-0.15, -0.1) is 0 Å². The quantitative estimate of drug-likeness (QED) is 0.792. The van der Waals surface area contributed by atoms with Gasteiger partial charge >= 0.3 is 0 Å². The zero-order valence-corrected chi connectivity index (χ0v) is 11.9. The van der Waals surface area contributed by atoms with Crippen molar-refractivity contribution in [1.29, 1.82) is 0 Å². The van der Waals surface area contributed by atoms with Crippen LogP contribution < -0.4 is 10.1 Å². The molecule has 21 heavy (non-hydrogen) atoms. The van der Waals surface area contributed by atoms with Crippen LogP contribution in [0.5, 0.6) is 5.75 Å². The monoisotopic (exact) mass is 280 g/mol. The standard InChI is InChI=1S/C16H16N4O/c1-11(2)21-13-7-5-6-12-10-18-16(20-15(12)13)19-14-8-3-4-9-17-14/h3-11H,1-2H3,(H,17,18,19,20). The number of nitrogens with one attached hydrogen (secondary N) is 1. The van der Waals surface area contributed by atoms with Crippen LogP contribution in [-0.2, 0) is 0 Å². The van der Waals surface area contributed by atoms with E-state index in [1.54, 1.807) is 12.4 Å². The van der Waals surface area contributed by atoms with E-state index in [1.807, 2.05) is 50.2 Å². The van der Waals surface area contributed by atoms with Gasteiger partial charge in [-0.1, -0.05) is 18.2 Å². The Bertz CT molecular complexity index is 744. The summed E-state index contributed by atoms with van der Waals surface area (Å²) >= 11 is 0. The maximum atomic E-state index is 5.80. The minimum absolute atomic E-state index is 0.0952. The van der Waals surface area contributed by atoms with Crippen molar-refractivity contribution in [1.82, 2.24) is 15.0 Å². The number of benzene rings is 1. The third kappa shape index (κ3) is 3.08. The molecule has 3 aromatic rings. The fourth-order valence-electron chi connectivity index (χ4n) is 1.99. The van der Waals surface area contributed by atoms with Crippen LogP contribution in [0.4, 0.5) is 11.8 Å². The number of ether oxygens (including phenoxy) is 1. The highest BCUT2D eigenvalue weighted by Gasteiger charge is 2.08. The van der Waals surface area contributed by atoms with Gasteiger partial charge in [0.2, 0.25) is 5.95 Å². The number of para-hydroxylation sites is 1. The zero-order valence-electron chi connectivity index (χ0n) is 11.9. The Morgan fingerprint density at radius 1 is 1.05 bits per heavy atom. The molecule has 0 aliphatic carbocycles. The lowest BCUT2D eigenvalue weighted by Gasteiger charge is -2.12. The molecule has 0 amide bonds. The predicted molar refractivity (Wildman–Crippen MR) is 82.8 cm³/mol. The largest absolute Gasteiger partial charge is 0.489 e. The number of fused-ring (bicyclic) bond motifs is 1. The second-order valence-corrected chi connectivity index (χ2v) is 4.89. The summed E-state index contributed by atoms with van der Waals surface area (Å²) in [5, 5.41) is 4.03. The van der Waals surface area contributed by atoms with Crippen LogP contribution in [0.3, 0.4) is 0 Å². The van der Waals surface area contributed by atoms with Crippen molar-refractivity contribution >= 4 is 22.7 Å². The van der Waals surface area contributed by atoms with Gasteiger partial charge in [0.1, 0.15) is 17.1 Å². The molecule has 1 aromatic carbocycles. The lowest BCUT2D eigenvalue weighted by Crippen LogP contribution is -2.07. The Kier molecular flexibility index (Phi) is 3.64. The maximum absolute atomic E-state index is 5.80. The fourth-order valence-corrected chi connectivity index (χ4v) is 1.99. The van der Waals surface area contributed by atoms with Gasteiger partial charge in [0.15, 0.2) is 0 Å². The number of hydrogen-bond acceptors (Lipinski definition) is 5. The predicted octanol–water partition coefficient (Wildman–Crippen LogP) is 3.56. The van der Waals surface area contributed by atoms with Crippen molar-refractivity contribution in [3.05, 3.63) is 48.8 Å². The van der Waals surface area contributed by atoms with E-state index in [0.29, 0.717) is 11.8 Å². The van der Waals surface area contributed by atoms with Gasteiger partial charge in [-0.25, -0.2) is 15.0 Å². The molecule has 0 saturated carbocycles. The van der Waals surface area contributed by atoms with Crippen LogP contribution >= 0.6 is 0 Å². The van der Waals surface area contributed by atoms with E-state index < -0.39 is 0 Å². The Labute approximate surface area is 123 Å². The molecule has 0 aliphatic heterocycles. The van der Waals surface area contributed by atoms with Crippen molar-refractivity contribution in [2.75, 3.05) is 5.32 Å². The van der Waals surface area contributed by atoms with E-state index in [9.17, 15) is 0 Å². The van der Waals surface area contributed by atoms with Crippen LogP contribution in [0.25, 0.3) is 10.9 Å². The van der Waals surface area contributed by atoms with Crippen LogP contribution in [0.2, 0.25) is 0 Å². The molecule has 0 atom stereocenters. The second-order valence-electron chi connectivity index (χ2n) is 4.89. The lowest BCUT2D eigenvalue weighted by molar-refractivity contribution is 0.245. The molecule has 0 aliphatic rings. The minimum atomic E-state index is 0.0952. The number of pyridine rings is 1. The molecule has 0 saturated heterocycles. The molecule has 3 rings (SSSR count). The van der Waals surface area contributed by atoms with Crippen molar-refractivity contribution in [3.8, 4) is 5.75 Å². The van der Waals surface area contributed by atoms with Crippen molar-refractivity contribution in [2.24, 2.45) is 0 Å². The van der Waals surface area contributed by atoms with Gasteiger partial charge < -0.3 is 10.1 Å². The summed E-state index contributed by atoms with van der Waals surface area (Å²) < 4.78 is 5.80. The first-order valence-electron chi connectivity index (χ1n) is 6.83. The van der Waals surface area contributed by atoms with Gasteiger partial charge in [-0.3, -0.25) is 0 Å². The average molecular weight is 280 g/mol. The smallest absolute Gasteiger partial charge is 0.229 e. The number of rotatable bonds is 4. The number of hydrogen-bond donors (Lipinski definition) is 1. The summed E-state index contributed by atoms with van der Waals surface area (Å²) in [6, 6.07) is 11.5. The second kappa shape index (κ2) is 5.75. The topological polar surface area (TPSA) is 59.9 Å². The molecular weight excluding hydrogens is 264 g/mol. The summed E-state index contributed by atoms with van der Waals surface area (Å²) in [4.78, 5) is 13.0. The number of anilines is 2. The summed E-state index contributed by atoms with van der Waals surface area (Å²) in [5.74, 6) is 1.97. The first-order valence-corrected chi connectivity index (χ1v) is 6.83. The van der Waals surface area contributed by atoms with Gasteiger partial charge in [0.25, 0.3) is 0 Å². The Balaban J connectivity index is 1.98.